The summed E-state index contributed by atoms with van der Waals surface area (Å²) in [5, 5.41) is 11.9. The van der Waals surface area contributed by atoms with Gasteiger partial charge in [-0.25, -0.2) is 8.42 Å². The zero-order valence-corrected chi connectivity index (χ0v) is 9.73. The van der Waals surface area contributed by atoms with Crippen LogP contribution in [0.1, 0.15) is 12.8 Å². The third kappa shape index (κ3) is 2.29. The van der Waals surface area contributed by atoms with E-state index in [9.17, 15) is 13.2 Å². The van der Waals surface area contributed by atoms with Gasteiger partial charge in [0.15, 0.2) is 9.84 Å². The van der Waals surface area contributed by atoms with E-state index in [1.807, 2.05) is 0 Å². The molecule has 2 aliphatic rings. The first-order chi connectivity index (χ1) is 6.93. The van der Waals surface area contributed by atoms with Crippen molar-refractivity contribution in [2.24, 2.45) is 0 Å². The van der Waals surface area contributed by atoms with Crippen LogP contribution < -0.4 is 5.32 Å². The van der Waals surface area contributed by atoms with Crippen LogP contribution in [-0.2, 0) is 14.6 Å². The highest BCUT2D eigenvalue weighted by atomic mass is 32.2. The number of hydrogen-bond acceptors (Lipinski definition) is 5. The Balaban J connectivity index is 2.14. The van der Waals surface area contributed by atoms with Crippen molar-refractivity contribution in [2.45, 2.75) is 23.8 Å². The SMILES string of the molecule is O=C(O)C1CCSC2(CCS(=O)(=O)C2)N1. The topological polar surface area (TPSA) is 83.5 Å². The zero-order valence-electron chi connectivity index (χ0n) is 8.10. The minimum absolute atomic E-state index is 0.0639. The highest BCUT2D eigenvalue weighted by Gasteiger charge is 2.46. The fraction of sp³-hybridized carbons (Fsp3) is 0.875. The van der Waals surface area contributed by atoms with Crippen molar-refractivity contribution in [1.82, 2.24) is 5.32 Å². The number of carboxylic acid groups (broad SMARTS) is 1. The van der Waals surface area contributed by atoms with Gasteiger partial charge in [0.1, 0.15) is 6.04 Å². The lowest BCUT2D eigenvalue weighted by molar-refractivity contribution is -0.139. The number of carbonyl (C=O) groups is 1. The number of aliphatic carboxylic acids is 1. The van der Waals surface area contributed by atoms with E-state index in [4.69, 9.17) is 5.11 Å². The van der Waals surface area contributed by atoms with Gasteiger partial charge in [-0.3, -0.25) is 10.1 Å². The second-order valence-electron chi connectivity index (χ2n) is 4.01. The van der Waals surface area contributed by atoms with Crippen molar-refractivity contribution >= 4 is 27.6 Å². The molecule has 0 amide bonds. The molecular weight excluding hydrogens is 238 g/mol. The summed E-state index contributed by atoms with van der Waals surface area (Å²) in [6.07, 6.45) is 1.07. The zero-order chi connectivity index (χ0) is 11.1. The number of nitrogens with one attached hydrogen (secondary N) is 1. The average Bonchev–Trinajstić information content (AvgIpc) is 2.42. The van der Waals surface area contributed by atoms with Crippen molar-refractivity contribution in [3.63, 3.8) is 0 Å². The highest BCUT2D eigenvalue weighted by molar-refractivity contribution is 8.02. The molecule has 0 aromatic heterocycles. The first kappa shape index (κ1) is 11.2. The fourth-order valence-electron chi connectivity index (χ4n) is 2.04. The van der Waals surface area contributed by atoms with E-state index in [1.165, 1.54) is 0 Å². The molecule has 7 heteroatoms. The molecule has 2 atom stereocenters. The van der Waals surface area contributed by atoms with E-state index >= 15 is 0 Å². The molecule has 0 bridgehead atoms. The Morgan fingerprint density at radius 1 is 1.53 bits per heavy atom. The summed E-state index contributed by atoms with van der Waals surface area (Å²) >= 11 is 1.54. The standard InChI is InChI=1S/C8H13NO4S2/c10-7(11)6-1-3-14-8(9-6)2-4-15(12,13)5-8/h6,9H,1-5H2,(H,10,11). The van der Waals surface area contributed by atoms with Crippen LogP contribution in [-0.4, -0.2) is 47.7 Å². The van der Waals surface area contributed by atoms with Crippen LogP contribution in [0.25, 0.3) is 0 Å². The van der Waals surface area contributed by atoms with Gasteiger partial charge in [0.25, 0.3) is 0 Å². The number of sulfone groups is 1. The molecule has 2 fully saturated rings. The third-order valence-electron chi connectivity index (χ3n) is 2.79. The number of thioether (sulfide) groups is 1. The Hall–Kier alpha value is -0.270. The van der Waals surface area contributed by atoms with Crippen LogP contribution in [0.15, 0.2) is 0 Å². The van der Waals surface area contributed by atoms with Gasteiger partial charge in [-0.15, -0.1) is 11.8 Å². The van der Waals surface area contributed by atoms with Gasteiger partial charge in [0, 0.05) is 0 Å². The van der Waals surface area contributed by atoms with E-state index in [0.717, 1.165) is 0 Å². The quantitative estimate of drug-likeness (QED) is 0.664. The van der Waals surface area contributed by atoms with Crippen LogP contribution >= 0.6 is 11.8 Å². The first-order valence-electron chi connectivity index (χ1n) is 4.77. The van der Waals surface area contributed by atoms with Gasteiger partial charge in [0.2, 0.25) is 0 Å². The van der Waals surface area contributed by atoms with Crippen molar-refractivity contribution in [1.29, 1.82) is 0 Å². The van der Waals surface area contributed by atoms with E-state index in [-0.39, 0.29) is 11.5 Å². The summed E-state index contributed by atoms with van der Waals surface area (Å²) in [6.45, 7) is 0. The molecule has 0 aromatic carbocycles. The lowest BCUT2D eigenvalue weighted by Gasteiger charge is -2.36. The number of carboxylic acids is 1. The van der Waals surface area contributed by atoms with Gasteiger partial charge in [0.05, 0.1) is 16.4 Å². The van der Waals surface area contributed by atoms with Gasteiger partial charge >= 0.3 is 5.97 Å². The maximum absolute atomic E-state index is 11.4. The number of hydrogen-bond donors (Lipinski definition) is 2. The van der Waals surface area contributed by atoms with Crippen molar-refractivity contribution in [2.75, 3.05) is 17.3 Å². The van der Waals surface area contributed by atoms with E-state index in [0.29, 0.717) is 18.6 Å². The van der Waals surface area contributed by atoms with Crippen molar-refractivity contribution < 1.29 is 18.3 Å². The molecular formula is C8H13NO4S2. The van der Waals surface area contributed by atoms with Gasteiger partial charge in [-0.05, 0) is 18.6 Å². The molecule has 2 unspecified atom stereocenters. The molecule has 0 aliphatic carbocycles. The largest absolute Gasteiger partial charge is 0.480 e. The molecule has 15 heavy (non-hydrogen) atoms. The van der Waals surface area contributed by atoms with E-state index in [1.54, 1.807) is 11.8 Å². The molecule has 0 saturated carbocycles. The van der Waals surface area contributed by atoms with Crippen LogP contribution in [0.5, 0.6) is 0 Å². The minimum Gasteiger partial charge on any atom is -0.480 e. The maximum atomic E-state index is 11.4. The third-order valence-corrected chi connectivity index (χ3v) is 6.19. The molecule has 5 nitrogen and oxygen atoms in total. The van der Waals surface area contributed by atoms with E-state index < -0.39 is 26.7 Å². The predicted molar refractivity (Wildman–Crippen MR) is 57.6 cm³/mol. The molecule has 86 valence electrons. The molecule has 1 spiro atoms. The Kier molecular flexibility index (Phi) is 2.72. The summed E-state index contributed by atoms with van der Waals surface area (Å²) in [5.74, 6) is 0.0479. The van der Waals surface area contributed by atoms with Crippen LogP contribution in [0.3, 0.4) is 0 Å². The fourth-order valence-corrected chi connectivity index (χ4v) is 6.00. The summed E-state index contributed by atoms with van der Waals surface area (Å²) < 4.78 is 22.8. The van der Waals surface area contributed by atoms with Crippen LogP contribution in [0.4, 0.5) is 0 Å². The monoisotopic (exact) mass is 251 g/mol. The van der Waals surface area contributed by atoms with Gasteiger partial charge in [-0.1, -0.05) is 0 Å². The Morgan fingerprint density at radius 2 is 2.27 bits per heavy atom. The lowest BCUT2D eigenvalue weighted by Crippen LogP contribution is -2.55. The smallest absolute Gasteiger partial charge is 0.320 e. The second-order valence-corrected chi connectivity index (χ2v) is 7.67. The molecule has 2 heterocycles. The Bertz CT molecular complexity index is 380. The summed E-state index contributed by atoms with van der Waals surface area (Å²) in [6, 6.07) is -0.598. The van der Waals surface area contributed by atoms with Crippen molar-refractivity contribution in [3.8, 4) is 0 Å². The Labute approximate surface area is 92.5 Å². The van der Waals surface area contributed by atoms with E-state index in [2.05, 4.69) is 5.32 Å². The second kappa shape index (κ2) is 3.64. The van der Waals surface area contributed by atoms with Gasteiger partial charge < -0.3 is 5.11 Å². The predicted octanol–water partition coefficient (Wildman–Crippen LogP) is -0.319. The highest BCUT2D eigenvalue weighted by Crippen LogP contribution is 2.38. The van der Waals surface area contributed by atoms with Crippen molar-refractivity contribution in [3.05, 3.63) is 0 Å². The molecule has 2 N–H and O–H groups in total. The maximum Gasteiger partial charge on any atom is 0.320 e. The molecule has 2 aliphatic heterocycles. The molecule has 2 rings (SSSR count). The summed E-state index contributed by atoms with van der Waals surface area (Å²) in [4.78, 5) is 10.3. The first-order valence-corrected chi connectivity index (χ1v) is 7.58. The normalized spacial score (nSPS) is 39.3. The summed E-state index contributed by atoms with van der Waals surface area (Å²) in [5.41, 5.74) is 0. The molecule has 0 radical (unpaired) electrons. The average molecular weight is 251 g/mol. The lowest BCUT2D eigenvalue weighted by atomic mass is 10.1. The number of rotatable bonds is 1. The van der Waals surface area contributed by atoms with Gasteiger partial charge in [-0.2, -0.15) is 0 Å². The minimum atomic E-state index is -2.98. The van der Waals surface area contributed by atoms with Crippen LogP contribution in [0, 0.1) is 0 Å². The molecule has 2 saturated heterocycles. The molecule has 0 aromatic rings. The summed E-state index contributed by atoms with van der Waals surface area (Å²) in [7, 11) is -2.98. The Morgan fingerprint density at radius 3 is 2.80 bits per heavy atom. The van der Waals surface area contributed by atoms with Crippen LogP contribution in [0.2, 0.25) is 0 Å².